The number of hydrogen-bond acceptors (Lipinski definition) is 6. The molecule has 0 N–H and O–H groups in total. The Morgan fingerprint density at radius 3 is 2.79 bits per heavy atom. The minimum absolute atomic E-state index is 0.0177. The van der Waals surface area contributed by atoms with E-state index < -0.39 is 12.2 Å². The van der Waals surface area contributed by atoms with Gasteiger partial charge in [-0.1, -0.05) is 11.6 Å². The molecule has 4 heterocycles. The fourth-order valence-corrected chi connectivity index (χ4v) is 4.89. The van der Waals surface area contributed by atoms with Crippen molar-refractivity contribution in [3.8, 4) is 0 Å². The summed E-state index contributed by atoms with van der Waals surface area (Å²) in [5.74, 6) is 0.429. The Morgan fingerprint density at radius 1 is 1.34 bits per heavy atom. The number of anilines is 2. The Kier molecular flexibility index (Phi) is 5.52. The second kappa shape index (κ2) is 7.81. The van der Waals surface area contributed by atoms with Crippen molar-refractivity contribution in [1.29, 1.82) is 0 Å². The standard InChI is InChI=1S/C18H20ClF3N4O2S/c1-11-10-28-7-6-24(11)15-8-16(27)25-5-4-13(18(20,21)22)26(17(25)23-15)9-12-2-3-14(19)29-12/h2-3,8,11,13H,4-7,9-10H2,1H3/t11-,13-/m0/s1. The molecular weight excluding hydrogens is 429 g/mol. The van der Waals surface area contributed by atoms with Crippen molar-refractivity contribution in [2.75, 3.05) is 29.6 Å². The molecule has 2 aromatic rings. The molecule has 29 heavy (non-hydrogen) atoms. The van der Waals surface area contributed by atoms with Crippen molar-refractivity contribution in [1.82, 2.24) is 9.55 Å². The average Bonchev–Trinajstić information content (AvgIpc) is 3.06. The molecule has 0 bridgehead atoms. The van der Waals surface area contributed by atoms with E-state index in [2.05, 4.69) is 4.98 Å². The summed E-state index contributed by atoms with van der Waals surface area (Å²) in [5, 5.41) is 0. The van der Waals surface area contributed by atoms with Crippen molar-refractivity contribution in [2.45, 2.75) is 44.7 Å². The Balaban J connectivity index is 1.78. The zero-order chi connectivity index (χ0) is 20.8. The number of rotatable bonds is 3. The van der Waals surface area contributed by atoms with Crippen LogP contribution >= 0.6 is 22.9 Å². The molecule has 158 valence electrons. The Hall–Kier alpha value is -1.78. The van der Waals surface area contributed by atoms with Gasteiger partial charge < -0.3 is 14.5 Å². The van der Waals surface area contributed by atoms with Gasteiger partial charge in [0.1, 0.15) is 11.9 Å². The fraction of sp³-hybridized carbons (Fsp3) is 0.556. The van der Waals surface area contributed by atoms with E-state index >= 15 is 0 Å². The molecule has 11 heteroatoms. The Labute approximate surface area is 174 Å². The van der Waals surface area contributed by atoms with Crippen LogP contribution in [0.3, 0.4) is 0 Å². The van der Waals surface area contributed by atoms with Gasteiger partial charge in [-0.3, -0.25) is 9.36 Å². The summed E-state index contributed by atoms with van der Waals surface area (Å²) in [6, 6.07) is 3.02. The third kappa shape index (κ3) is 4.10. The summed E-state index contributed by atoms with van der Waals surface area (Å²) in [6.45, 7) is 3.37. The van der Waals surface area contributed by atoms with Crippen molar-refractivity contribution in [2.24, 2.45) is 0 Å². The van der Waals surface area contributed by atoms with E-state index in [0.29, 0.717) is 34.8 Å². The van der Waals surface area contributed by atoms with E-state index in [1.165, 1.54) is 26.9 Å². The largest absolute Gasteiger partial charge is 0.408 e. The number of nitrogens with zero attached hydrogens (tertiary/aromatic N) is 4. The van der Waals surface area contributed by atoms with Gasteiger partial charge in [0, 0.05) is 24.0 Å². The highest BCUT2D eigenvalue weighted by atomic mass is 35.5. The smallest absolute Gasteiger partial charge is 0.377 e. The van der Waals surface area contributed by atoms with Crippen molar-refractivity contribution >= 4 is 34.7 Å². The molecule has 0 unspecified atom stereocenters. The van der Waals surface area contributed by atoms with Crippen molar-refractivity contribution < 1.29 is 17.9 Å². The zero-order valence-electron chi connectivity index (χ0n) is 15.7. The maximum Gasteiger partial charge on any atom is 0.408 e. The van der Waals surface area contributed by atoms with Gasteiger partial charge in [0.2, 0.25) is 5.95 Å². The van der Waals surface area contributed by atoms with Crippen LogP contribution in [0.15, 0.2) is 23.0 Å². The first-order valence-corrected chi connectivity index (χ1v) is 10.5. The first kappa shape index (κ1) is 20.5. The van der Waals surface area contributed by atoms with Crippen LogP contribution < -0.4 is 15.4 Å². The molecule has 0 amide bonds. The summed E-state index contributed by atoms with van der Waals surface area (Å²) < 4.78 is 48.7. The number of thiophene rings is 1. The van der Waals surface area contributed by atoms with Crippen LogP contribution in [-0.2, 0) is 17.8 Å². The van der Waals surface area contributed by atoms with Crippen molar-refractivity contribution in [3.63, 3.8) is 0 Å². The monoisotopic (exact) mass is 448 g/mol. The van der Waals surface area contributed by atoms with Gasteiger partial charge in [0.05, 0.1) is 30.1 Å². The van der Waals surface area contributed by atoms with Gasteiger partial charge in [0.25, 0.3) is 5.56 Å². The molecule has 2 aliphatic heterocycles. The summed E-state index contributed by atoms with van der Waals surface area (Å²) in [5.41, 5.74) is -0.349. The molecule has 0 aliphatic carbocycles. The van der Waals surface area contributed by atoms with Crippen LogP contribution in [0, 0.1) is 0 Å². The van der Waals surface area contributed by atoms with Gasteiger partial charge in [0.15, 0.2) is 0 Å². The highest BCUT2D eigenvalue weighted by Crippen LogP contribution is 2.36. The number of alkyl halides is 3. The molecule has 2 aromatic heterocycles. The fourth-order valence-electron chi connectivity index (χ4n) is 3.80. The lowest BCUT2D eigenvalue weighted by Crippen LogP contribution is -2.52. The van der Waals surface area contributed by atoms with Gasteiger partial charge in [-0.05, 0) is 25.5 Å². The normalized spacial score (nSPS) is 22.7. The highest BCUT2D eigenvalue weighted by Gasteiger charge is 2.47. The molecule has 1 saturated heterocycles. The third-order valence-electron chi connectivity index (χ3n) is 5.23. The second-order valence-corrected chi connectivity index (χ2v) is 9.00. The topological polar surface area (TPSA) is 50.6 Å². The van der Waals surface area contributed by atoms with Crippen LogP contribution in [0.1, 0.15) is 18.2 Å². The maximum atomic E-state index is 13.8. The number of morpholine rings is 1. The van der Waals surface area contributed by atoms with E-state index in [0.717, 1.165) is 0 Å². The lowest BCUT2D eigenvalue weighted by atomic mass is 10.1. The number of hydrogen-bond donors (Lipinski definition) is 0. The van der Waals surface area contributed by atoms with Crippen molar-refractivity contribution in [3.05, 3.63) is 37.8 Å². The number of halogens is 4. The van der Waals surface area contributed by atoms with E-state index in [-0.39, 0.29) is 37.1 Å². The van der Waals surface area contributed by atoms with Crippen LogP contribution in [0.2, 0.25) is 4.34 Å². The molecule has 6 nitrogen and oxygen atoms in total. The van der Waals surface area contributed by atoms with E-state index in [9.17, 15) is 18.0 Å². The van der Waals surface area contributed by atoms with E-state index in [4.69, 9.17) is 16.3 Å². The first-order valence-electron chi connectivity index (χ1n) is 9.28. The summed E-state index contributed by atoms with van der Waals surface area (Å²) in [4.78, 5) is 21.0. The summed E-state index contributed by atoms with van der Waals surface area (Å²) in [6.07, 6.45) is -4.64. The number of ether oxygens (including phenoxy) is 1. The Morgan fingerprint density at radius 2 is 2.14 bits per heavy atom. The SMILES string of the molecule is C[C@H]1COCCN1c1cc(=O)n2c(n1)N(Cc1ccc(Cl)s1)[C@H](C(F)(F)F)CC2. The minimum atomic E-state index is -4.44. The molecule has 1 fully saturated rings. The lowest BCUT2D eigenvalue weighted by molar-refractivity contribution is -0.153. The number of aromatic nitrogens is 2. The molecule has 0 aromatic carbocycles. The molecule has 2 atom stereocenters. The van der Waals surface area contributed by atoms with Gasteiger partial charge in [-0.25, -0.2) is 0 Å². The van der Waals surface area contributed by atoms with E-state index in [1.807, 2.05) is 11.8 Å². The summed E-state index contributed by atoms with van der Waals surface area (Å²) >= 11 is 7.18. The highest BCUT2D eigenvalue weighted by molar-refractivity contribution is 7.16. The predicted octanol–water partition coefficient (Wildman–Crippen LogP) is 3.52. The molecule has 0 saturated carbocycles. The summed E-state index contributed by atoms with van der Waals surface area (Å²) in [7, 11) is 0. The number of fused-ring (bicyclic) bond motifs is 1. The second-order valence-electron chi connectivity index (χ2n) is 7.20. The quantitative estimate of drug-likeness (QED) is 0.719. The van der Waals surface area contributed by atoms with E-state index in [1.54, 1.807) is 12.1 Å². The maximum absolute atomic E-state index is 13.8. The van der Waals surface area contributed by atoms with Gasteiger partial charge in [-0.2, -0.15) is 18.2 Å². The van der Waals surface area contributed by atoms with Gasteiger partial charge >= 0.3 is 6.18 Å². The van der Waals surface area contributed by atoms with Gasteiger partial charge in [-0.15, -0.1) is 11.3 Å². The Bertz CT molecular complexity index is 948. The minimum Gasteiger partial charge on any atom is -0.377 e. The molecule has 4 rings (SSSR count). The molecule has 0 spiro atoms. The van der Waals surface area contributed by atoms with Crippen LogP contribution in [-0.4, -0.2) is 47.6 Å². The molecular formula is C18H20ClF3N4O2S. The average molecular weight is 449 g/mol. The first-order chi connectivity index (χ1) is 13.7. The molecule has 0 radical (unpaired) electrons. The zero-order valence-corrected chi connectivity index (χ0v) is 17.2. The predicted molar refractivity (Wildman–Crippen MR) is 106 cm³/mol. The lowest BCUT2D eigenvalue weighted by Gasteiger charge is -2.40. The van der Waals surface area contributed by atoms with Crippen LogP contribution in [0.4, 0.5) is 24.9 Å². The van der Waals surface area contributed by atoms with Crippen LogP contribution in [0.25, 0.3) is 0 Å². The molecule has 2 aliphatic rings. The third-order valence-corrected chi connectivity index (χ3v) is 6.44. The van der Waals surface area contributed by atoms with Crippen LogP contribution in [0.5, 0.6) is 0 Å².